The molecule has 41 heavy (non-hydrogen) atoms. The summed E-state index contributed by atoms with van der Waals surface area (Å²) in [6.45, 7) is 3.76. The zero-order chi connectivity index (χ0) is 28.9. The van der Waals surface area contributed by atoms with Gasteiger partial charge in [-0.1, -0.05) is 18.2 Å². The average Bonchev–Trinajstić information content (AvgIpc) is 3.52. The molecule has 0 unspecified atom stereocenters. The summed E-state index contributed by atoms with van der Waals surface area (Å²) in [5, 5.41) is 19.6. The number of hydrogen-bond acceptors (Lipinski definition) is 8. The number of sulfonamides is 1. The minimum Gasteiger partial charge on any atom is -0.507 e. The van der Waals surface area contributed by atoms with E-state index in [1.54, 1.807) is 33.6 Å². The van der Waals surface area contributed by atoms with Gasteiger partial charge in [-0.05, 0) is 49.7 Å². The van der Waals surface area contributed by atoms with Crippen LogP contribution in [0.5, 0.6) is 5.75 Å². The van der Waals surface area contributed by atoms with Crippen LogP contribution in [0.1, 0.15) is 24.4 Å². The van der Waals surface area contributed by atoms with Gasteiger partial charge < -0.3 is 15.4 Å². The van der Waals surface area contributed by atoms with Crippen LogP contribution in [0.2, 0.25) is 0 Å². The summed E-state index contributed by atoms with van der Waals surface area (Å²) < 4.78 is 28.8. The standard InChI is InChI=1S/C28H26N8O4S/c1-16-11-12-35-24(16)28(38)36(19-7-5-4-6-8-19)27(33-35)17(2)32-26-23-21(14-29-25(23)30-15-31-26)20-10-9-18(13-22(20)37)34-41(3,39)40/h4-15,17,34,37H,1-3H3,(H2,29,30,31,32)/t17-/m0/s1. The van der Waals surface area contributed by atoms with E-state index in [0.717, 1.165) is 11.8 Å². The molecular weight excluding hydrogens is 544 g/mol. The van der Waals surface area contributed by atoms with Gasteiger partial charge in [0.2, 0.25) is 10.0 Å². The van der Waals surface area contributed by atoms with Crippen LogP contribution in [0.3, 0.4) is 0 Å². The van der Waals surface area contributed by atoms with Gasteiger partial charge in [-0.15, -0.1) is 0 Å². The number of nitrogens with one attached hydrogen (secondary N) is 3. The monoisotopic (exact) mass is 570 g/mol. The Kier molecular flexibility index (Phi) is 6.22. The van der Waals surface area contributed by atoms with E-state index in [1.807, 2.05) is 50.2 Å². The number of para-hydroxylation sites is 1. The van der Waals surface area contributed by atoms with Gasteiger partial charge in [-0.3, -0.25) is 14.1 Å². The summed E-state index contributed by atoms with van der Waals surface area (Å²) in [6, 6.07) is 15.2. The zero-order valence-corrected chi connectivity index (χ0v) is 23.1. The van der Waals surface area contributed by atoms with Crippen LogP contribution in [0.4, 0.5) is 11.5 Å². The highest BCUT2D eigenvalue weighted by atomic mass is 32.2. The number of rotatable bonds is 7. The predicted molar refractivity (Wildman–Crippen MR) is 157 cm³/mol. The Hall–Kier alpha value is -5.17. The molecule has 0 aliphatic carbocycles. The lowest BCUT2D eigenvalue weighted by atomic mass is 10.0. The minimum absolute atomic E-state index is 0.129. The van der Waals surface area contributed by atoms with Crippen molar-refractivity contribution < 1.29 is 13.5 Å². The smallest absolute Gasteiger partial charge is 0.282 e. The van der Waals surface area contributed by atoms with Crippen molar-refractivity contribution in [2.75, 3.05) is 16.3 Å². The second-order valence-corrected chi connectivity index (χ2v) is 11.5. The van der Waals surface area contributed by atoms with Gasteiger partial charge in [-0.2, -0.15) is 5.10 Å². The molecule has 0 fully saturated rings. The molecule has 12 nitrogen and oxygen atoms in total. The first-order valence-electron chi connectivity index (χ1n) is 12.7. The van der Waals surface area contributed by atoms with Gasteiger partial charge in [0.15, 0.2) is 5.82 Å². The van der Waals surface area contributed by atoms with Crippen molar-refractivity contribution in [1.29, 1.82) is 0 Å². The van der Waals surface area contributed by atoms with Crippen LogP contribution in [-0.2, 0) is 10.0 Å². The first-order valence-corrected chi connectivity index (χ1v) is 14.6. The van der Waals surface area contributed by atoms with Gasteiger partial charge in [0, 0.05) is 29.6 Å². The van der Waals surface area contributed by atoms with Crippen LogP contribution in [0.25, 0.3) is 33.4 Å². The number of anilines is 2. The summed E-state index contributed by atoms with van der Waals surface area (Å²) in [7, 11) is -3.51. The van der Waals surface area contributed by atoms with Gasteiger partial charge >= 0.3 is 0 Å². The fourth-order valence-electron chi connectivity index (χ4n) is 4.93. The number of phenols is 1. The van der Waals surface area contributed by atoms with E-state index in [0.29, 0.717) is 45.0 Å². The second kappa shape index (κ2) is 9.78. The van der Waals surface area contributed by atoms with E-state index in [9.17, 15) is 18.3 Å². The maximum Gasteiger partial charge on any atom is 0.282 e. The summed E-state index contributed by atoms with van der Waals surface area (Å²) in [5.74, 6) is 0.789. The van der Waals surface area contributed by atoms with Gasteiger partial charge in [0.05, 0.1) is 29.1 Å². The number of nitrogens with zero attached hydrogens (tertiary/aromatic N) is 5. The topological polar surface area (TPSA) is 159 Å². The Balaban J connectivity index is 1.45. The molecule has 0 aliphatic rings. The van der Waals surface area contributed by atoms with E-state index in [2.05, 4.69) is 25.0 Å². The molecule has 0 radical (unpaired) electrons. The summed E-state index contributed by atoms with van der Waals surface area (Å²) >= 11 is 0. The Morgan fingerprint density at radius 3 is 2.56 bits per heavy atom. The number of phenolic OH excluding ortho intramolecular Hbond substituents is 1. The van der Waals surface area contributed by atoms with E-state index in [-0.39, 0.29) is 17.0 Å². The molecule has 0 bridgehead atoms. The third kappa shape index (κ3) is 4.76. The van der Waals surface area contributed by atoms with E-state index in [4.69, 9.17) is 5.10 Å². The number of fused-ring (bicyclic) bond motifs is 2. The quantitative estimate of drug-likeness (QED) is 0.224. The molecular formula is C28H26N8O4S. The lowest BCUT2D eigenvalue weighted by Crippen LogP contribution is -2.29. The molecule has 1 atom stereocenters. The molecule has 13 heteroatoms. The third-order valence-electron chi connectivity index (χ3n) is 6.73. The summed E-state index contributed by atoms with van der Waals surface area (Å²) in [5.41, 5.74) is 3.61. The van der Waals surface area contributed by atoms with Gasteiger partial charge in [0.25, 0.3) is 5.56 Å². The van der Waals surface area contributed by atoms with Crippen molar-refractivity contribution >= 4 is 38.1 Å². The molecule has 0 amide bonds. The zero-order valence-electron chi connectivity index (χ0n) is 22.3. The van der Waals surface area contributed by atoms with Crippen molar-refractivity contribution in [2.45, 2.75) is 19.9 Å². The highest BCUT2D eigenvalue weighted by Crippen LogP contribution is 2.38. The Morgan fingerprint density at radius 2 is 1.83 bits per heavy atom. The molecule has 208 valence electrons. The molecule has 6 rings (SSSR count). The molecule has 4 heterocycles. The normalized spacial score (nSPS) is 12.6. The molecule has 2 aromatic carbocycles. The van der Waals surface area contributed by atoms with Crippen molar-refractivity contribution in [3.63, 3.8) is 0 Å². The van der Waals surface area contributed by atoms with Crippen LogP contribution in [0.15, 0.2) is 78.1 Å². The molecule has 0 aliphatic heterocycles. The number of aromatic amines is 1. The maximum atomic E-state index is 13.7. The molecule has 0 saturated heterocycles. The van der Waals surface area contributed by atoms with Crippen molar-refractivity contribution in [3.8, 4) is 22.6 Å². The fraction of sp³-hybridized carbons (Fsp3) is 0.143. The number of aromatic nitrogens is 6. The average molecular weight is 571 g/mol. The van der Waals surface area contributed by atoms with Crippen LogP contribution in [0, 0.1) is 6.92 Å². The van der Waals surface area contributed by atoms with Crippen LogP contribution in [-0.4, -0.2) is 48.9 Å². The Labute approximate surface area is 234 Å². The molecule has 4 N–H and O–H groups in total. The number of hydrogen-bond donors (Lipinski definition) is 4. The third-order valence-corrected chi connectivity index (χ3v) is 7.34. The summed E-state index contributed by atoms with van der Waals surface area (Å²) in [4.78, 5) is 25.6. The van der Waals surface area contributed by atoms with Crippen LogP contribution < -0.4 is 15.6 Å². The van der Waals surface area contributed by atoms with E-state index < -0.39 is 16.1 Å². The second-order valence-electron chi connectivity index (χ2n) is 9.75. The molecule has 0 saturated carbocycles. The number of benzene rings is 2. The number of aromatic hydroxyl groups is 1. The maximum absolute atomic E-state index is 13.7. The highest BCUT2D eigenvalue weighted by molar-refractivity contribution is 7.92. The SMILES string of the molecule is Cc1ccn2nc([C@H](C)Nc3ncnc4[nH]cc(-c5ccc(NS(C)(=O)=O)cc5O)c34)n(-c3ccccc3)c(=O)c12. The van der Waals surface area contributed by atoms with Crippen molar-refractivity contribution in [2.24, 2.45) is 0 Å². The van der Waals surface area contributed by atoms with Crippen molar-refractivity contribution in [3.05, 3.63) is 95.1 Å². The largest absolute Gasteiger partial charge is 0.507 e. The van der Waals surface area contributed by atoms with Gasteiger partial charge in [-0.25, -0.2) is 22.9 Å². The Morgan fingerprint density at radius 1 is 1.05 bits per heavy atom. The number of H-pyrrole nitrogens is 1. The molecule has 4 aromatic heterocycles. The van der Waals surface area contributed by atoms with Crippen molar-refractivity contribution in [1.82, 2.24) is 29.1 Å². The lowest BCUT2D eigenvalue weighted by Gasteiger charge is -2.20. The lowest BCUT2D eigenvalue weighted by molar-refractivity contribution is 0.477. The first-order chi connectivity index (χ1) is 19.6. The molecule has 6 aromatic rings. The summed E-state index contributed by atoms with van der Waals surface area (Å²) in [6.07, 6.45) is 5.90. The Bertz CT molecular complexity index is 2100. The predicted octanol–water partition coefficient (Wildman–Crippen LogP) is 3.98. The van der Waals surface area contributed by atoms with E-state index in [1.165, 1.54) is 12.4 Å². The first kappa shape index (κ1) is 26.1. The van der Waals surface area contributed by atoms with Gasteiger partial charge in [0.1, 0.15) is 29.1 Å². The fourth-order valence-corrected chi connectivity index (χ4v) is 5.48. The highest BCUT2D eigenvalue weighted by Gasteiger charge is 2.22. The van der Waals surface area contributed by atoms with E-state index >= 15 is 0 Å². The van der Waals surface area contributed by atoms with Crippen LogP contribution >= 0.6 is 0 Å². The molecule has 0 spiro atoms. The minimum atomic E-state index is -3.51. The number of aryl methyl sites for hydroxylation is 1.